The molecule has 1 N–H and O–H groups in total. The molecule has 3 unspecified atom stereocenters. The van der Waals surface area contributed by atoms with Gasteiger partial charge in [-0.3, -0.25) is 0 Å². The van der Waals surface area contributed by atoms with Gasteiger partial charge in [-0.25, -0.2) is 0 Å². The molecular weight excluding hydrogens is 174 g/mol. The number of hydrogen-bond acceptors (Lipinski definition) is 2. The first-order valence-electron chi connectivity index (χ1n) is 5.64. The summed E-state index contributed by atoms with van der Waals surface area (Å²) >= 11 is 0. The van der Waals surface area contributed by atoms with Crippen molar-refractivity contribution in [2.45, 2.75) is 45.3 Å². The number of ether oxygens (including phenoxy) is 1. The summed E-state index contributed by atoms with van der Waals surface area (Å²) < 4.78 is 5.59. The fourth-order valence-corrected chi connectivity index (χ4v) is 2.20. The average molecular weight is 197 g/mol. The summed E-state index contributed by atoms with van der Waals surface area (Å²) in [6, 6.07) is 0.542. The van der Waals surface area contributed by atoms with Crippen molar-refractivity contribution in [1.29, 1.82) is 0 Å². The molecule has 1 fully saturated rings. The van der Waals surface area contributed by atoms with E-state index in [9.17, 15) is 0 Å². The van der Waals surface area contributed by atoms with E-state index in [1.54, 1.807) is 0 Å². The molecule has 14 heavy (non-hydrogen) atoms. The van der Waals surface area contributed by atoms with E-state index < -0.39 is 0 Å². The fraction of sp³-hybridized carbons (Fsp3) is 0.833. The van der Waals surface area contributed by atoms with Crippen LogP contribution < -0.4 is 5.32 Å². The molecule has 82 valence electrons. The third kappa shape index (κ3) is 2.82. The van der Waals surface area contributed by atoms with Gasteiger partial charge < -0.3 is 10.1 Å². The van der Waals surface area contributed by atoms with E-state index in [1.807, 2.05) is 7.05 Å². The monoisotopic (exact) mass is 197 g/mol. The number of nitrogens with one attached hydrogen (secondary N) is 1. The summed E-state index contributed by atoms with van der Waals surface area (Å²) in [6.45, 7) is 9.34. The number of hydrogen-bond donors (Lipinski definition) is 1. The van der Waals surface area contributed by atoms with Crippen LogP contribution in [-0.4, -0.2) is 25.8 Å². The second-order valence-electron chi connectivity index (χ2n) is 4.23. The zero-order valence-electron chi connectivity index (χ0n) is 9.68. The normalized spacial score (nSPS) is 29.1. The first kappa shape index (κ1) is 11.7. The molecule has 0 radical (unpaired) electrons. The van der Waals surface area contributed by atoms with E-state index in [0.29, 0.717) is 18.1 Å². The van der Waals surface area contributed by atoms with Crippen molar-refractivity contribution in [3.05, 3.63) is 12.2 Å². The van der Waals surface area contributed by atoms with Gasteiger partial charge >= 0.3 is 0 Å². The highest BCUT2D eigenvalue weighted by molar-refractivity contribution is 4.99. The zero-order chi connectivity index (χ0) is 10.6. The SMILES string of the molecule is C=C(CC)CC(NC)C1CCOC1C. The van der Waals surface area contributed by atoms with Crippen LogP contribution in [0.4, 0.5) is 0 Å². The standard InChI is InChI=1S/C12H23NO/c1-5-9(2)8-12(13-4)11-6-7-14-10(11)3/h10-13H,2,5-8H2,1,3-4H3. The summed E-state index contributed by atoms with van der Waals surface area (Å²) in [6.07, 6.45) is 3.76. The van der Waals surface area contributed by atoms with Crippen LogP contribution in [-0.2, 0) is 4.74 Å². The van der Waals surface area contributed by atoms with Crippen LogP contribution in [0.2, 0.25) is 0 Å². The molecule has 0 aromatic carbocycles. The van der Waals surface area contributed by atoms with Gasteiger partial charge in [-0.15, -0.1) is 0 Å². The maximum Gasteiger partial charge on any atom is 0.0590 e. The summed E-state index contributed by atoms with van der Waals surface area (Å²) in [5.74, 6) is 0.656. The Kier molecular flexibility index (Phi) is 4.63. The van der Waals surface area contributed by atoms with Crippen molar-refractivity contribution in [2.24, 2.45) is 5.92 Å². The van der Waals surface area contributed by atoms with E-state index in [2.05, 4.69) is 25.7 Å². The van der Waals surface area contributed by atoms with E-state index in [-0.39, 0.29) is 0 Å². The largest absolute Gasteiger partial charge is 0.378 e. The minimum Gasteiger partial charge on any atom is -0.378 e. The molecule has 1 aliphatic heterocycles. The van der Waals surface area contributed by atoms with Crippen LogP contribution in [0.15, 0.2) is 12.2 Å². The van der Waals surface area contributed by atoms with E-state index in [1.165, 1.54) is 12.0 Å². The molecule has 0 spiro atoms. The predicted octanol–water partition coefficient (Wildman–Crippen LogP) is 2.36. The number of rotatable bonds is 5. The molecule has 1 saturated heterocycles. The Balaban J connectivity index is 2.48. The summed E-state index contributed by atoms with van der Waals surface area (Å²) in [4.78, 5) is 0. The maximum atomic E-state index is 5.59. The first-order chi connectivity index (χ1) is 6.69. The Labute approximate surface area is 87.7 Å². The van der Waals surface area contributed by atoms with Crippen molar-refractivity contribution < 1.29 is 4.74 Å². The molecule has 1 aliphatic rings. The molecule has 2 heteroatoms. The van der Waals surface area contributed by atoms with Gasteiger partial charge in [0.1, 0.15) is 0 Å². The van der Waals surface area contributed by atoms with Crippen molar-refractivity contribution >= 4 is 0 Å². The van der Waals surface area contributed by atoms with Crippen LogP contribution in [0.3, 0.4) is 0 Å². The lowest BCUT2D eigenvalue weighted by Gasteiger charge is -2.26. The third-order valence-corrected chi connectivity index (χ3v) is 3.33. The van der Waals surface area contributed by atoms with Crippen molar-refractivity contribution in [2.75, 3.05) is 13.7 Å². The molecule has 0 aromatic heterocycles. The molecule has 0 saturated carbocycles. The first-order valence-corrected chi connectivity index (χ1v) is 5.64. The van der Waals surface area contributed by atoms with Crippen LogP contribution in [0.25, 0.3) is 0 Å². The Morgan fingerprint density at radius 2 is 2.36 bits per heavy atom. The quantitative estimate of drug-likeness (QED) is 0.683. The highest BCUT2D eigenvalue weighted by atomic mass is 16.5. The smallest absolute Gasteiger partial charge is 0.0590 e. The lowest BCUT2D eigenvalue weighted by Crippen LogP contribution is -2.37. The molecule has 0 amide bonds. The van der Waals surface area contributed by atoms with Crippen molar-refractivity contribution in [1.82, 2.24) is 5.32 Å². The van der Waals surface area contributed by atoms with Crippen LogP contribution in [0, 0.1) is 5.92 Å². The van der Waals surface area contributed by atoms with Gasteiger partial charge in [0.15, 0.2) is 0 Å². The van der Waals surface area contributed by atoms with Crippen LogP contribution in [0.1, 0.15) is 33.1 Å². The highest BCUT2D eigenvalue weighted by Gasteiger charge is 2.30. The lowest BCUT2D eigenvalue weighted by atomic mass is 9.89. The summed E-state index contributed by atoms with van der Waals surface area (Å²) in [5.41, 5.74) is 1.34. The van der Waals surface area contributed by atoms with Gasteiger partial charge in [-0.1, -0.05) is 19.1 Å². The van der Waals surface area contributed by atoms with Gasteiger partial charge in [0.2, 0.25) is 0 Å². The van der Waals surface area contributed by atoms with Gasteiger partial charge in [0.05, 0.1) is 6.10 Å². The van der Waals surface area contributed by atoms with E-state index in [4.69, 9.17) is 4.74 Å². The molecule has 1 heterocycles. The molecule has 0 aliphatic carbocycles. The average Bonchev–Trinajstić information content (AvgIpc) is 2.60. The molecule has 0 aromatic rings. The van der Waals surface area contributed by atoms with Crippen molar-refractivity contribution in [3.63, 3.8) is 0 Å². The molecule has 0 bridgehead atoms. The topological polar surface area (TPSA) is 21.3 Å². The minimum atomic E-state index is 0.400. The molecule has 2 nitrogen and oxygen atoms in total. The van der Waals surface area contributed by atoms with E-state index in [0.717, 1.165) is 19.4 Å². The van der Waals surface area contributed by atoms with Gasteiger partial charge in [-0.2, -0.15) is 0 Å². The predicted molar refractivity (Wildman–Crippen MR) is 60.4 cm³/mol. The Morgan fingerprint density at radius 3 is 2.79 bits per heavy atom. The highest BCUT2D eigenvalue weighted by Crippen LogP contribution is 2.27. The minimum absolute atomic E-state index is 0.400. The van der Waals surface area contributed by atoms with Gasteiger partial charge in [0.25, 0.3) is 0 Å². The Morgan fingerprint density at radius 1 is 1.64 bits per heavy atom. The lowest BCUT2D eigenvalue weighted by molar-refractivity contribution is 0.0962. The van der Waals surface area contributed by atoms with Gasteiger partial charge in [-0.05, 0) is 33.2 Å². The molecular formula is C12H23NO. The Bertz CT molecular complexity index is 191. The van der Waals surface area contributed by atoms with Gasteiger partial charge in [0, 0.05) is 18.6 Å². The van der Waals surface area contributed by atoms with Crippen molar-refractivity contribution in [3.8, 4) is 0 Å². The van der Waals surface area contributed by atoms with E-state index >= 15 is 0 Å². The summed E-state index contributed by atoms with van der Waals surface area (Å²) in [5, 5.41) is 3.40. The second kappa shape index (κ2) is 5.52. The Hall–Kier alpha value is -0.340. The zero-order valence-corrected chi connectivity index (χ0v) is 9.68. The molecule has 3 atom stereocenters. The van der Waals surface area contributed by atoms with Crippen LogP contribution in [0.5, 0.6) is 0 Å². The summed E-state index contributed by atoms with van der Waals surface area (Å²) in [7, 11) is 2.04. The third-order valence-electron chi connectivity index (χ3n) is 3.33. The van der Waals surface area contributed by atoms with Crippen LogP contribution >= 0.6 is 0 Å². The second-order valence-corrected chi connectivity index (χ2v) is 4.23. The maximum absolute atomic E-state index is 5.59. The fourth-order valence-electron chi connectivity index (χ4n) is 2.20. The molecule has 1 rings (SSSR count).